The molecule has 3 amide bonds. The van der Waals surface area contributed by atoms with Gasteiger partial charge < -0.3 is 15.4 Å². The summed E-state index contributed by atoms with van der Waals surface area (Å²) >= 11 is 0. The van der Waals surface area contributed by atoms with Crippen LogP contribution in [0.5, 0.6) is 0 Å². The molecule has 2 N–H and O–H groups in total. The molecule has 0 aromatic heterocycles. The van der Waals surface area contributed by atoms with E-state index in [0.29, 0.717) is 22.5 Å². The Bertz CT molecular complexity index is 1490. The number of rotatable bonds is 7. The maximum atomic E-state index is 13.6. The predicted molar refractivity (Wildman–Crippen MR) is 146 cm³/mol. The number of nitrogens with one attached hydrogen (secondary N) is 2. The molecule has 0 bridgehead atoms. The summed E-state index contributed by atoms with van der Waals surface area (Å²) < 4.78 is 19.2. The minimum atomic E-state index is -1.02. The van der Waals surface area contributed by atoms with E-state index in [9.17, 15) is 18.8 Å². The number of halogens is 1. The smallest absolute Gasteiger partial charge is 0.411 e. The van der Waals surface area contributed by atoms with Crippen LogP contribution in [-0.4, -0.2) is 28.8 Å². The van der Waals surface area contributed by atoms with Crippen LogP contribution in [0.2, 0.25) is 0 Å². The molecule has 0 spiro atoms. The summed E-state index contributed by atoms with van der Waals surface area (Å²) in [4.78, 5) is 40.7. The van der Waals surface area contributed by atoms with Gasteiger partial charge in [-0.05, 0) is 66.6 Å². The third-order valence-corrected chi connectivity index (χ3v) is 6.45. The molecule has 2 unspecified atom stereocenters. The maximum absolute atomic E-state index is 13.6. The Morgan fingerprint density at radius 3 is 2.28 bits per heavy atom. The number of hydrogen-bond donors (Lipinski definition) is 2. The predicted octanol–water partition coefficient (Wildman–Crippen LogP) is 6.09. The molecule has 5 rings (SSSR count). The molecule has 7 nitrogen and oxygen atoms in total. The van der Waals surface area contributed by atoms with E-state index in [2.05, 4.69) is 10.6 Å². The number of carbonyl (C=O) groups excluding carboxylic acids is 3. The van der Waals surface area contributed by atoms with Gasteiger partial charge >= 0.3 is 6.09 Å². The lowest BCUT2D eigenvalue weighted by Crippen LogP contribution is -2.43. The van der Waals surface area contributed by atoms with Crippen LogP contribution in [0.1, 0.15) is 33.2 Å². The fourth-order valence-corrected chi connectivity index (χ4v) is 4.44. The van der Waals surface area contributed by atoms with Crippen LogP contribution in [0.4, 0.5) is 20.6 Å². The number of ether oxygens (including phenoxy) is 1. The zero-order chi connectivity index (χ0) is 27.4. The first-order chi connectivity index (χ1) is 18.9. The molecule has 1 fully saturated rings. The van der Waals surface area contributed by atoms with Crippen LogP contribution in [0.15, 0.2) is 103 Å². The van der Waals surface area contributed by atoms with Crippen LogP contribution in [0.3, 0.4) is 0 Å². The lowest BCUT2D eigenvalue weighted by molar-refractivity contribution is -0.121. The molecule has 8 heteroatoms. The summed E-state index contributed by atoms with van der Waals surface area (Å²) in [6.07, 6.45) is -1.59. The number of benzene rings is 4. The first-order valence-electron chi connectivity index (χ1n) is 12.4. The second kappa shape index (κ2) is 11.2. The van der Waals surface area contributed by atoms with Crippen LogP contribution in [0, 0.1) is 12.7 Å². The highest BCUT2D eigenvalue weighted by atomic mass is 19.1. The van der Waals surface area contributed by atoms with Crippen LogP contribution in [0.25, 0.3) is 0 Å². The maximum Gasteiger partial charge on any atom is 0.411 e. The van der Waals surface area contributed by atoms with Crippen molar-refractivity contribution in [3.05, 3.63) is 131 Å². The van der Waals surface area contributed by atoms with Gasteiger partial charge in [-0.3, -0.25) is 14.5 Å². The van der Waals surface area contributed by atoms with Crippen molar-refractivity contribution >= 4 is 29.3 Å². The molecule has 1 aliphatic rings. The lowest BCUT2D eigenvalue weighted by atomic mass is 9.99. The number of cyclic esters (lactones) is 1. The summed E-state index contributed by atoms with van der Waals surface area (Å²) in [6.45, 7) is 2.12. The molecule has 0 aliphatic carbocycles. The molecule has 4 aromatic carbocycles. The Balaban J connectivity index is 1.44. The average molecular weight is 524 g/mol. The lowest BCUT2D eigenvalue weighted by Gasteiger charge is -2.24. The largest absolute Gasteiger partial charge is 0.438 e. The van der Waals surface area contributed by atoms with E-state index in [1.165, 1.54) is 29.2 Å². The van der Waals surface area contributed by atoms with Crippen molar-refractivity contribution in [3.8, 4) is 0 Å². The fourth-order valence-electron chi connectivity index (χ4n) is 4.44. The number of nitrogens with zero attached hydrogens (tertiary/aromatic N) is 1. The van der Waals surface area contributed by atoms with Gasteiger partial charge in [0.15, 0.2) is 12.1 Å². The zero-order valence-electron chi connectivity index (χ0n) is 21.1. The van der Waals surface area contributed by atoms with E-state index in [4.69, 9.17) is 4.74 Å². The quantitative estimate of drug-likeness (QED) is 0.307. The van der Waals surface area contributed by atoms with Crippen molar-refractivity contribution in [2.75, 3.05) is 10.6 Å². The Hall–Kier alpha value is -4.98. The minimum Gasteiger partial charge on any atom is -0.438 e. The number of carbonyl (C=O) groups is 3. The third-order valence-electron chi connectivity index (χ3n) is 6.45. The fraction of sp³-hybridized carbons (Fsp3) is 0.129. The molecule has 2 atom stereocenters. The second-order valence-electron chi connectivity index (χ2n) is 9.30. The van der Waals surface area contributed by atoms with Gasteiger partial charge in [-0.2, -0.15) is 0 Å². The van der Waals surface area contributed by atoms with E-state index in [1.54, 1.807) is 48.5 Å². The summed E-state index contributed by atoms with van der Waals surface area (Å²) in [7, 11) is 0. The van der Waals surface area contributed by atoms with Crippen LogP contribution >= 0.6 is 0 Å². The number of aryl methyl sites for hydroxylation is 1. The monoisotopic (exact) mass is 523 g/mol. The topological polar surface area (TPSA) is 87.7 Å². The van der Waals surface area contributed by atoms with Gasteiger partial charge in [-0.1, -0.05) is 60.2 Å². The van der Waals surface area contributed by atoms with Crippen LogP contribution < -0.4 is 10.6 Å². The van der Waals surface area contributed by atoms with Crippen molar-refractivity contribution < 1.29 is 23.5 Å². The Kier molecular flexibility index (Phi) is 7.36. The summed E-state index contributed by atoms with van der Waals surface area (Å²) in [5.41, 5.74) is 3.82. The molecule has 0 saturated carbocycles. The van der Waals surface area contributed by atoms with E-state index in [1.807, 2.05) is 37.3 Å². The van der Waals surface area contributed by atoms with Gasteiger partial charge in [0.05, 0.1) is 6.54 Å². The molecule has 0 radical (unpaired) electrons. The molecular weight excluding hydrogens is 497 g/mol. The van der Waals surface area contributed by atoms with E-state index in [0.717, 1.165) is 11.1 Å². The third kappa shape index (κ3) is 5.96. The van der Waals surface area contributed by atoms with E-state index in [-0.39, 0.29) is 12.5 Å². The van der Waals surface area contributed by atoms with Gasteiger partial charge in [0.2, 0.25) is 0 Å². The Morgan fingerprint density at radius 2 is 1.56 bits per heavy atom. The average Bonchev–Trinajstić information content (AvgIpc) is 3.27. The highest BCUT2D eigenvalue weighted by Gasteiger charge is 2.47. The summed E-state index contributed by atoms with van der Waals surface area (Å²) in [5.74, 6) is -1.20. The molecule has 4 aromatic rings. The van der Waals surface area contributed by atoms with Crippen molar-refractivity contribution in [2.45, 2.75) is 25.6 Å². The number of amides is 3. The molecule has 1 heterocycles. The number of hydrogen-bond acceptors (Lipinski definition) is 4. The van der Waals surface area contributed by atoms with Gasteiger partial charge in [0.1, 0.15) is 5.82 Å². The molecular formula is C31H26FN3O4. The van der Waals surface area contributed by atoms with Crippen molar-refractivity contribution in [2.24, 2.45) is 0 Å². The standard InChI is InChI=1S/C31H26FN3O4/c1-20-10-12-21(13-11-20)19-35-27(30(37)33-25-16-14-24(32)15-17-25)28(39-31(35)38)23-8-5-9-26(18-23)34-29(36)22-6-3-2-4-7-22/h2-18,27-28H,19H2,1H3,(H,33,37)(H,34,36). The minimum absolute atomic E-state index is 0.154. The Labute approximate surface area is 225 Å². The highest BCUT2D eigenvalue weighted by molar-refractivity contribution is 6.04. The highest BCUT2D eigenvalue weighted by Crippen LogP contribution is 2.35. The first-order valence-corrected chi connectivity index (χ1v) is 12.4. The van der Waals surface area contributed by atoms with Gasteiger partial charge in [-0.15, -0.1) is 0 Å². The van der Waals surface area contributed by atoms with E-state index < -0.39 is 30.0 Å². The van der Waals surface area contributed by atoms with Gasteiger partial charge in [0.25, 0.3) is 11.8 Å². The summed E-state index contributed by atoms with van der Waals surface area (Å²) in [5, 5.41) is 5.63. The van der Waals surface area contributed by atoms with Crippen molar-refractivity contribution in [1.82, 2.24) is 4.90 Å². The van der Waals surface area contributed by atoms with E-state index >= 15 is 0 Å². The molecule has 1 saturated heterocycles. The molecule has 1 aliphatic heterocycles. The van der Waals surface area contributed by atoms with Crippen molar-refractivity contribution in [1.29, 1.82) is 0 Å². The SMILES string of the molecule is Cc1ccc(CN2C(=O)OC(c3cccc(NC(=O)c4ccccc4)c3)C2C(=O)Nc2ccc(F)cc2)cc1. The normalized spacial score (nSPS) is 16.5. The first kappa shape index (κ1) is 25.7. The second-order valence-corrected chi connectivity index (χ2v) is 9.30. The summed E-state index contributed by atoms with van der Waals surface area (Å²) in [6, 6.07) is 27.7. The van der Waals surface area contributed by atoms with Crippen LogP contribution in [-0.2, 0) is 16.1 Å². The number of anilines is 2. The molecule has 196 valence electrons. The van der Waals surface area contributed by atoms with Gasteiger partial charge in [0, 0.05) is 16.9 Å². The van der Waals surface area contributed by atoms with Gasteiger partial charge in [-0.25, -0.2) is 9.18 Å². The Morgan fingerprint density at radius 1 is 0.846 bits per heavy atom. The van der Waals surface area contributed by atoms with Crippen molar-refractivity contribution in [3.63, 3.8) is 0 Å². The molecule has 39 heavy (non-hydrogen) atoms. The zero-order valence-corrected chi connectivity index (χ0v) is 21.1.